The molecule has 1 aromatic heterocycles. The summed E-state index contributed by atoms with van der Waals surface area (Å²) in [6, 6.07) is -0.0892. The summed E-state index contributed by atoms with van der Waals surface area (Å²) in [6.07, 6.45) is 0. The third-order valence-electron chi connectivity index (χ3n) is 2.56. The zero-order chi connectivity index (χ0) is 10.9. The first kappa shape index (κ1) is 10.5. The van der Waals surface area contributed by atoms with Gasteiger partial charge >= 0.3 is 0 Å². The van der Waals surface area contributed by atoms with E-state index in [-0.39, 0.29) is 17.4 Å². The first-order chi connectivity index (χ1) is 7.12. The zero-order valence-electron chi connectivity index (χ0n) is 8.69. The van der Waals surface area contributed by atoms with Crippen LogP contribution in [0.5, 0.6) is 0 Å². The summed E-state index contributed by atoms with van der Waals surface area (Å²) in [5.74, 6) is 0.0225. The molecule has 15 heavy (non-hydrogen) atoms. The maximum Gasteiger partial charge on any atom is 0.231 e. The number of hydrogen-bond donors (Lipinski definition) is 1. The van der Waals surface area contributed by atoms with Crippen LogP contribution in [0.15, 0.2) is 5.38 Å². The quantitative estimate of drug-likeness (QED) is 0.827. The van der Waals surface area contributed by atoms with Crippen LogP contribution in [0, 0.1) is 5.41 Å². The highest BCUT2D eigenvalue weighted by atomic mass is 32.1. The van der Waals surface area contributed by atoms with E-state index in [1.807, 2.05) is 19.2 Å². The molecule has 2 heterocycles. The van der Waals surface area contributed by atoms with Crippen molar-refractivity contribution >= 4 is 17.4 Å². The van der Waals surface area contributed by atoms with Crippen LogP contribution in [0.2, 0.25) is 0 Å². The van der Waals surface area contributed by atoms with Crippen molar-refractivity contribution in [3.8, 4) is 0 Å². The molecule has 0 bridgehead atoms. The molecule has 0 aromatic carbocycles. The van der Waals surface area contributed by atoms with Gasteiger partial charge in [0.2, 0.25) is 5.91 Å². The van der Waals surface area contributed by atoms with Crippen molar-refractivity contribution in [2.45, 2.75) is 19.9 Å². The molecule has 2 rings (SSSR count). The highest BCUT2D eigenvalue weighted by Gasteiger charge is 2.41. The molecule has 1 saturated heterocycles. The number of rotatable bonds is 3. The average Bonchev–Trinajstić information content (AvgIpc) is 2.66. The minimum Gasteiger partial charge on any atom is -0.379 e. The lowest BCUT2D eigenvalue weighted by atomic mass is 9.87. The van der Waals surface area contributed by atoms with Crippen molar-refractivity contribution < 1.29 is 9.53 Å². The van der Waals surface area contributed by atoms with Gasteiger partial charge in [0.15, 0.2) is 0 Å². The Morgan fingerprint density at radius 2 is 2.47 bits per heavy atom. The lowest BCUT2D eigenvalue weighted by Crippen LogP contribution is -2.52. The molecule has 0 aliphatic carbocycles. The van der Waals surface area contributed by atoms with Gasteiger partial charge in [-0.05, 0) is 25.4 Å². The number of hydrogen-bond acceptors (Lipinski definition) is 5. The Morgan fingerprint density at radius 1 is 1.73 bits per heavy atom. The number of amides is 1. The number of ether oxygens (including phenoxy) is 1. The van der Waals surface area contributed by atoms with Crippen LogP contribution in [0.1, 0.15) is 25.6 Å². The maximum atomic E-state index is 11.8. The Hall–Kier alpha value is -1.01. The van der Waals surface area contributed by atoms with Gasteiger partial charge in [0, 0.05) is 5.38 Å². The fourth-order valence-corrected chi connectivity index (χ4v) is 1.89. The predicted octanol–water partition coefficient (Wildman–Crippen LogP) is 0.752. The summed E-state index contributed by atoms with van der Waals surface area (Å²) in [6.45, 7) is 4.80. The zero-order valence-corrected chi connectivity index (χ0v) is 9.50. The van der Waals surface area contributed by atoms with Gasteiger partial charge in [-0.15, -0.1) is 5.10 Å². The van der Waals surface area contributed by atoms with Crippen molar-refractivity contribution in [2.75, 3.05) is 13.2 Å². The predicted molar refractivity (Wildman–Crippen MR) is 55.4 cm³/mol. The summed E-state index contributed by atoms with van der Waals surface area (Å²) < 4.78 is 8.81. The molecule has 1 amide bonds. The van der Waals surface area contributed by atoms with Crippen molar-refractivity contribution in [3.05, 3.63) is 11.1 Å². The van der Waals surface area contributed by atoms with Crippen LogP contribution >= 0.6 is 11.5 Å². The third kappa shape index (κ3) is 2.00. The lowest BCUT2D eigenvalue weighted by Gasteiger charge is -2.36. The van der Waals surface area contributed by atoms with Gasteiger partial charge in [-0.25, -0.2) is 0 Å². The molecule has 5 nitrogen and oxygen atoms in total. The van der Waals surface area contributed by atoms with E-state index in [0.717, 1.165) is 5.69 Å². The second-order valence-electron chi connectivity index (χ2n) is 4.08. The molecular formula is C9H13N3O2S. The summed E-state index contributed by atoms with van der Waals surface area (Å²) in [4.78, 5) is 11.8. The second kappa shape index (κ2) is 3.86. The Morgan fingerprint density at radius 3 is 2.93 bits per heavy atom. The monoisotopic (exact) mass is 227 g/mol. The minimum atomic E-state index is -0.363. The van der Waals surface area contributed by atoms with E-state index in [0.29, 0.717) is 13.2 Å². The molecule has 82 valence electrons. The van der Waals surface area contributed by atoms with Crippen LogP contribution in [0.3, 0.4) is 0 Å². The number of nitrogens with zero attached hydrogens (tertiary/aromatic N) is 2. The smallest absolute Gasteiger partial charge is 0.231 e. The van der Waals surface area contributed by atoms with Crippen LogP contribution in [0.4, 0.5) is 0 Å². The number of carbonyl (C=O) groups is 1. The van der Waals surface area contributed by atoms with E-state index in [2.05, 4.69) is 14.9 Å². The molecule has 0 radical (unpaired) electrons. The number of aromatic nitrogens is 2. The minimum absolute atomic E-state index is 0.0225. The van der Waals surface area contributed by atoms with Gasteiger partial charge in [0.05, 0.1) is 30.4 Å². The van der Waals surface area contributed by atoms with E-state index >= 15 is 0 Å². The van der Waals surface area contributed by atoms with E-state index < -0.39 is 0 Å². The Balaban J connectivity index is 1.94. The summed E-state index contributed by atoms with van der Waals surface area (Å²) in [7, 11) is 0. The molecule has 1 N–H and O–H groups in total. The van der Waals surface area contributed by atoms with E-state index in [1.54, 1.807) is 0 Å². The molecule has 1 atom stereocenters. The summed E-state index contributed by atoms with van der Waals surface area (Å²) in [5.41, 5.74) is 0.440. The first-order valence-corrected chi connectivity index (χ1v) is 5.61. The van der Waals surface area contributed by atoms with E-state index in [9.17, 15) is 4.79 Å². The average molecular weight is 227 g/mol. The SMILES string of the molecule is C[C@H](NC(=O)C1(C)COC1)c1csnn1. The van der Waals surface area contributed by atoms with Gasteiger partial charge in [0.25, 0.3) is 0 Å². The molecule has 0 spiro atoms. The molecule has 0 unspecified atom stereocenters. The molecular weight excluding hydrogens is 214 g/mol. The van der Waals surface area contributed by atoms with Gasteiger partial charge in [0.1, 0.15) is 0 Å². The van der Waals surface area contributed by atoms with Crippen LogP contribution < -0.4 is 5.32 Å². The molecule has 6 heteroatoms. The Labute approximate surface area is 92.0 Å². The third-order valence-corrected chi connectivity index (χ3v) is 3.08. The first-order valence-electron chi connectivity index (χ1n) is 4.77. The molecule has 1 aliphatic rings. The Bertz CT molecular complexity index is 348. The van der Waals surface area contributed by atoms with Crippen molar-refractivity contribution in [3.63, 3.8) is 0 Å². The van der Waals surface area contributed by atoms with Crippen molar-refractivity contribution in [1.82, 2.24) is 14.9 Å². The highest BCUT2D eigenvalue weighted by Crippen LogP contribution is 2.27. The summed E-state index contributed by atoms with van der Waals surface area (Å²) in [5, 5.41) is 8.67. The van der Waals surface area contributed by atoms with Crippen molar-refractivity contribution in [1.29, 1.82) is 0 Å². The van der Waals surface area contributed by atoms with Crippen molar-refractivity contribution in [2.24, 2.45) is 5.41 Å². The van der Waals surface area contributed by atoms with E-state index in [1.165, 1.54) is 11.5 Å². The fraction of sp³-hybridized carbons (Fsp3) is 0.667. The molecule has 0 saturated carbocycles. The molecule has 1 fully saturated rings. The van der Waals surface area contributed by atoms with Gasteiger partial charge < -0.3 is 10.1 Å². The lowest BCUT2D eigenvalue weighted by molar-refractivity contribution is -0.158. The van der Waals surface area contributed by atoms with Crippen LogP contribution in [0.25, 0.3) is 0 Å². The van der Waals surface area contributed by atoms with Crippen LogP contribution in [-0.2, 0) is 9.53 Å². The maximum absolute atomic E-state index is 11.8. The molecule has 1 aromatic rings. The number of nitrogens with one attached hydrogen (secondary N) is 1. The van der Waals surface area contributed by atoms with Gasteiger partial charge in [-0.2, -0.15) is 0 Å². The van der Waals surface area contributed by atoms with E-state index in [4.69, 9.17) is 4.74 Å². The second-order valence-corrected chi connectivity index (χ2v) is 4.69. The largest absolute Gasteiger partial charge is 0.379 e. The Kier molecular flexibility index (Phi) is 2.70. The van der Waals surface area contributed by atoms with Gasteiger partial charge in [-0.3, -0.25) is 4.79 Å². The number of carbonyl (C=O) groups excluding carboxylic acids is 1. The highest BCUT2D eigenvalue weighted by molar-refractivity contribution is 7.03. The topological polar surface area (TPSA) is 64.1 Å². The van der Waals surface area contributed by atoms with Gasteiger partial charge in [-0.1, -0.05) is 4.49 Å². The fourth-order valence-electron chi connectivity index (χ4n) is 1.34. The summed E-state index contributed by atoms with van der Waals surface area (Å²) >= 11 is 1.29. The standard InChI is InChI=1S/C9H13N3O2S/c1-6(7-3-15-12-11-7)10-8(13)9(2)4-14-5-9/h3,6H,4-5H2,1-2H3,(H,10,13)/t6-/m0/s1. The molecule has 1 aliphatic heterocycles. The van der Waals surface area contributed by atoms with Crippen LogP contribution in [-0.4, -0.2) is 28.7 Å². The normalized spacial score (nSPS) is 20.4.